The first-order valence-corrected chi connectivity index (χ1v) is 9.32. The van der Waals surface area contributed by atoms with Crippen LogP contribution in [0.3, 0.4) is 0 Å². The fourth-order valence-electron chi connectivity index (χ4n) is 4.42. The van der Waals surface area contributed by atoms with Gasteiger partial charge in [-0.25, -0.2) is 0 Å². The molecule has 0 bridgehead atoms. The second-order valence-electron chi connectivity index (χ2n) is 7.25. The summed E-state index contributed by atoms with van der Waals surface area (Å²) in [5.74, 6) is -0.0308. The number of hydrogen-bond acceptors (Lipinski definition) is 2. The molecular formula is C22H28O2. The van der Waals surface area contributed by atoms with Crippen molar-refractivity contribution in [3.63, 3.8) is 0 Å². The molecule has 2 aliphatic rings. The van der Waals surface area contributed by atoms with Gasteiger partial charge in [0.15, 0.2) is 5.78 Å². The topological polar surface area (TPSA) is 37.3 Å². The minimum Gasteiger partial charge on any atom is -0.508 e. The number of rotatable bonds is 4. The molecule has 3 rings (SSSR count). The van der Waals surface area contributed by atoms with Crippen molar-refractivity contribution >= 4 is 5.78 Å². The van der Waals surface area contributed by atoms with Crippen molar-refractivity contribution in [2.24, 2.45) is 0 Å². The predicted octanol–water partition coefficient (Wildman–Crippen LogP) is 5.39. The molecule has 128 valence electrons. The second kappa shape index (κ2) is 7.38. The maximum Gasteiger partial charge on any atom is 0.166 e. The lowest BCUT2D eigenvalue weighted by molar-refractivity contribution is -0.115. The molecule has 0 spiro atoms. The Labute approximate surface area is 145 Å². The number of benzene rings is 1. The molecule has 0 fully saturated rings. The van der Waals surface area contributed by atoms with Gasteiger partial charge in [-0.05, 0) is 81.6 Å². The number of ketones is 1. The summed E-state index contributed by atoms with van der Waals surface area (Å²) in [5.41, 5.74) is 5.96. The summed E-state index contributed by atoms with van der Waals surface area (Å²) in [5, 5.41) is 10.7. The first-order valence-electron chi connectivity index (χ1n) is 9.32. The number of carbonyl (C=O) groups excluding carboxylic acids is 1. The number of allylic oxidation sites excluding steroid dienone is 3. The van der Waals surface area contributed by atoms with Crippen molar-refractivity contribution in [2.75, 3.05) is 0 Å². The number of fused-ring (bicyclic) bond motifs is 1. The molecule has 0 aromatic heterocycles. The van der Waals surface area contributed by atoms with Gasteiger partial charge >= 0.3 is 0 Å². The van der Waals surface area contributed by atoms with Gasteiger partial charge < -0.3 is 5.11 Å². The van der Waals surface area contributed by atoms with E-state index >= 15 is 0 Å². The van der Waals surface area contributed by atoms with Gasteiger partial charge in [-0.2, -0.15) is 0 Å². The van der Waals surface area contributed by atoms with Crippen LogP contribution in [0.5, 0.6) is 5.75 Å². The van der Waals surface area contributed by atoms with E-state index in [1.807, 2.05) is 0 Å². The van der Waals surface area contributed by atoms with Crippen LogP contribution in [-0.2, 0) is 17.6 Å². The average Bonchev–Trinajstić information content (AvgIpc) is 2.83. The molecule has 0 saturated carbocycles. The highest BCUT2D eigenvalue weighted by Gasteiger charge is 2.31. The smallest absolute Gasteiger partial charge is 0.166 e. The maximum atomic E-state index is 12.8. The zero-order valence-electron chi connectivity index (χ0n) is 14.7. The quantitative estimate of drug-likeness (QED) is 0.458. The molecule has 1 atom stereocenters. The molecule has 2 nitrogen and oxygen atoms in total. The van der Waals surface area contributed by atoms with Crippen LogP contribution in [0.15, 0.2) is 35.9 Å². The largest absolute Gasteiger partial charge is 0.508 e. The maximum absolute atomic E-state index is 12.8. The normalized spacial score (nSPS) is 19.4. The van der Waals surface area contributed by atoms with E-state index in [-0.39, 0.29) is 17.5 Å². The average molecular weight is 324 g/mol. The lowest BCUT2D eigenvalue weighted by Crippen LogP contribution is -2.19. The van der Waals surface area contributed by atoms with Gasteiger partial charge in [0, 0.05) is 5.56 Å². The van der Waals surface area contributed by atoms with E-state index in [0.717, 1.165) is 44.1 Å². The highest BCUT2D eigenvalue weighted by atomic mass is 16.3. The van der Waals surface area contributed by atoms with Gasteiger partial charge in [-0.3, -0.25) is 4.79 Å². The standard InChI is InChI=1S/C22H28O2/c1-3-19(23)21(17-11-8-7-9-15(17)2)22-18-12-6-4-5-10-16(18)13-14-20(22)24/h3,13-14,21,24H,1,4-12H2,2H3. The van der Waals surface area contributed by atoms with Crippen LogP contribution in [-0.4, -0.2) is 10.9 Å². The number of phenols is 1. The fraction of sp³-hybridized carbons (Fsp3) is 0.500. The van der Waals surface area contributed by atoms with E-state index in [2.05, 4.69) is 19.6 Å². The van der Waals surface area contributed by atoms with Crippen molar-refractivity contribution < 1.29 is 9.90 Å². The number of aromatic hydroxyl groups is 1. The molecule has 1 N–H and O–H groups in total. The Bertz CT molecular complexity index is 681. The monoisotopic (exact) mass is 324 g/mol. The van der Waals surface area contributed by atoms with E-state index in [1.165, 1.54) is 47.6 Å². The van der Waals surface area contributed by atoms with E-state index < -0.39 is 0 Å². The van der Waals surface area contributed by atoms with Gasteiger partial charge in [0.25, 0.3) is 0 Å². The molecule has 24 heavy (non-hydrogen) atoms. The molecule has 0 aliphatic heterocycles. The number of hydrogen-bond donors (Lipinski definition) is 1. The predicted molar refractivity (Wildman–Crippen MR) is 98.5 cm³/mol. The van der Waals surface area contributed by atoms with Crippen LogP contribution in [0, 0.1) is 0 Å². The third-order valence-corrected chi connectivity index (χ3v) is 5.72. The molecule has 0 saturated heterocycles. The Hall–Kier alpha value is -1.83. The highest BCUT2D eigenvalue weighted by molar-refractivity contribution is 5.98. The van der Waals surface area contributed by atoms with Gasteiger partial charge in [0.1, 0.15) is 5.75 Å². The summed E-state index contributed by atoms with van der Waals surface area (Å²) >= 11 is 0. The Morgan fingerprint density at radius 1 is 1.08 bits per heavy atom. The Kier molecular flexibility index (Phi) is 5.23. The molecule has 0 radical (unpaired) electrons. The number of phenolic OH excluding ortho intramolecular Hbond substituents is 1. The van der Waals surface area contributed by atoms with E-state index in [0.29, 0.717) is 0 Å². The minimum atomic E-state index is -0.337. The molecule has 2 aliphatic carbocycles. The van der Waals surface area contributed by atoms with Crippen molar-refractivity contribution in [1.29, 1.82) is 0 Å². The summed E-state index contributed by atoms with van der Waals surface area (Å²) in [7, 11) is 0. The van der Waals surface area contributed by atoms with Crippen molar-refractivity contribution in [2.45, 2.75) is 70.6 Å². The molecule has 1 unspecified atom stereocenters. The first-order chi connectivity index (χ1) is 11.6. The van der Waals surface area contributed by atoms with E-state index in [1.54, 1.807) is 6.07 Å². The van der Waals surface area contributed by atoms with Crippen molar-refractivity contribution in [3.8, 4) is 5.75 Å². The number of carbonyl (C=O) groups is 1. The van der Waals surface area contributed by atoms with Gasteiger partial charge in [-0.1, -0.05) is 30.2 Å². The third kappa shape index (κ3) is 3.19. The highest BCUT2D eigenvalue weighted by Crippen LogP contribution is 2.43. The molecule has 0 heterocycles. The summed E-state index contributed by atoms with van der Waals surface area (Å²) in [4.78, 5) is 12.8. The minimum absolute atomic E-state index is 0.0270. The summed E-state index contributed by atoms with van der Waals surface area (Å²) in [6, 6.07) is 3.85. The van der Waals surface area contributed by atoms with E-state index in [4.69, 9.17) is 0 Å². The SMILES string of the molecule is C=CC(=O)C(C1=C(C)CCCC1)c1c(O)ccc2c1CCCCC2. The van der Waals surface area contributed by atoms with Crippen LogP contribution in [0.25, 0.3) is 0 Å². The molecule has 1 aromatic carbocycles. The van der Waals surface area contributed by atoms with Crippen molar-refractivity contribution in [3.05, 3.63) is 52.6 Å². The number of aryl methyl sites for hydroxylation is 1. The fourth-order valence-corrected chi connectivity index (χ4v) is 4.42. The van der Waals surface area contributed by atoms with Crippen LogP contribution in [0.1, 0.15) is 74.5 Å². The van der Waals surface area contributed by atoms with Crippen LogP contribution in [0.4, 0.5) is 0 Å². The van der Waals surface area contributed by atoms with Gasteiger partial charge in [-0.15, -0.1) is 0 Å². The zero-order valence-corrected chi connectivity index (χ0v) is 14.7. The first kappa shape index (κ1) is 17.0. The molecule has 2 heteroatoms. The molecule has 0 amide bonds. The summed E-state index contributed by atoms with van der Waals surface area (Å²) < 4.78 is 0. The van der Waals surface area contributed by atoms with Crippen molar-refractivity contribution in [1.82, 2.24) is 0 Å². The molecule has 1 aromatic rings. The zero-order chi connectivity index (χ0) is 17.1. The summed E-state index contributed by atoms with van der Waals surface area (Å²) in [6.07, 6.45) is 11.3. The van der Waals surface area contributed by atoms with Gasteiger partial charge in [0.05, 0.1) is 5.92 Å². The summed E-state index contributed by atoms with van der Waals surface area (Å²) in [6.45, 7) is 5.88. The third-order valence-electron chi connectivity index (χ3n) is 5.72. The lowest BCUT2D eigenvalue weighted by atomic mass is 9.76. The Balaban J connectivity index is 2.18. The van der Waals surface area contributed by atoms with Gasteiger partial charge in [0.2, 0.25) is 0 Å². The van der Waals surface area contributed by atoms with E-state index in [9.17, 15) is 9.90 Å². The Morgan fingerprint density at radius 2 is 1.79 bits per heavy atom. The lowest BCUT2D eigenvalue weighted by Gasteiger charge is -2.28. The second-order valence-corrected chi connectivity index (χ2v) is 7.25. The Morgan fingerprint density at radius 3 is 2.54 bits per heavy atom. The van der Waals surface area contributed by atoms with Crippen LogP contribution >= 0.6 is 0 Å². The van der Waals surface area contributed by atoms with Crippen LogP contribution < -0.4 is 0 Å². The van der Waals surface area contributed by atoms with Crippen LogP contribution in [0.2, 0.25) is 0 Å². The molecular weight excluding hydrogens is 296 g/mol.